The minimum Gasteiger partial charge on any atom is -0.342 e. The van der Waals surface area contributed by atoms with Crippen LogP contribution in [0.25, 0.3) is 0 Å². The van der Waals surface area contributed by atoms with E-state index in [2.05, 4.69) is 20.6 Å². The van der Waals surface area contributed by atoms with Gasteiger partial charge in [0.25, 0.3) is 0 Å². The lowest BCUT2D eigenvalue weighted by molar-refractivity contribution is -0.132. The maximum Gasteiger partial charge on any atom is 0.222 e. The summed E-state index contributed by atoms with van der Waals surface area (Å²) in [4.78, 5) is 25.0. The summed E-state index contributed by atoms with van der Waals surface area (Å²) in [5, 5.41) is 0. The minimum absolute atomic E-state index is 0.280. The highest BCUT2D eigenvalue weighted by molar-refractivity contribution is 7.09. The van der Waals surface area contributed by atoms with E-state index >= 15 is 0 Å². The topological polar surface area (TPSA) is 51.0 Å². The van der Waals surface area contributed by atoms with E-state index in [-0.39, 0.29) is 5.91 Å². The molecular formula is C19H26N4OS. The Bertz CT molecular complexity index is 750. The number of carbonyl (C=O) groups excluding carboxylic acids is 1. The largest absolute Gasteiger partial charge is 0.342 e. The molecule has 0 aromatic carbocycles. The normalized spacial score (nSPS) is 20.5. The van der Waals surface area contributed by atoms with Crippen molar-refractivity contribution < 1.29 is 4.79 Å². The number of hydrogen-bond acceptors (Lipinski definition) is 4. The molecule has 4 heterocycles. The SMILES string of the molecule is Cc1ncsc1CCC(=O)N1CCCC(c2ncc3n2CCCC3)C1. The van der Waals surface area contributed by atoms with Crippen molar-refractivity contribution in [3.8, 4) is 0 Å². The van der Waals surface area contributed by atoms with E-state index < -0.39 is 0 Å². The van der Waals surface area contributed by atoms with Crippen LogP contribution in [-0.2, 0) is 24.2 Å². The molecule has 1 atom stereocenters. The van der Waals surface area contributed by atoms with Gasteiger partial charge in [-0.25, -0.2) is 9.97 Å². The summed E-state index contributed by atoms with van der Waals surface area (Å²) in [7, 11) is 0. The van der Waals surface area contributed by atoms with Gasteiger partial charge in [-0.1, -0.05) is 0 Å². The lowest BCUT2D eigenvalue weighted by Gasteiger charge is -2.33. The number of amides is 1. The van der Waals surface area contributed by atoms with Crippen molar-refractivity contribution in [3.63, 3.8) is 0 Å². The van der Waals surface area contributed by atoms with E-state index in [1.807, 2.05) is 12.4 Å². The molecule has 1 unspecified atom stereocenters. The Kier molecular flexibility index (Phi) is 4.88. The zero-order valence-corrected chi connectivity index (χ0v) is 15.7. The summed E-state index contributed by atoms with van der Waals surface area (Å²) in [6.07, 6.45) is 9.37. The zero-order valence-electron chi connectivity index (χ0n) is 14.9. The van der Waals surface area contributed by atoms with E-state index in [4.69, 9.17) is 4.98 Å². The Morgan fingerprint density at radius 3 is 3.04 bits per heavy atom. The van der Waals surface area contributed by atoms with Gasteiger partial charge in [0, 0.05) is 48.7 Å². The first kappa shape index (κ1) is 16.8. The van der Waals surface area contributed by atoms with Crippen LogP contribution in [0.15, 0.2) is 11.7 Å². The van der Waals surface area contributed by atoms with Crippen LogP contribution in [0.5, 0.6) is 0 Å². The molecule has 0 N–H and O–H groups in total. The molecule has 2 aromatic rings. The number of thiazole rings is 1. The highest BCUT2D eigenvalue weighted by Crippen LogP contribution is 2.29. The van der Waals surface area contributed by atoms with E-state index in [0.29, 0.717) is 12.3 Å². The van der Waals surface area contributed by atoms with Crippen molar-refractivity contribution >= 4 is 17.2 Å². The zero-order chi connectivity index (χ0) is 17.2. The van der Waals surface area contributed by atoms with Crippen molar-refractivity contribution in [2.24, 2.45) is 0 Å². The quantitative estimate of drug-likeness (QED) is 0.842. The molecule has 5 nitrogen and oxygen atoms in total. The van der Waals surface area contributed by atoms with Crippen molar-refractivity contribution in [1.82, 2.24) is 19.4 Å². The summed E-state index contributed by atoms with van der Waals surface area (Å²) in [6.45, 7) is 4.84. The summed E-state index contributed by atoms with van der Waals surface area (Å²) in [6, 6.07) is 0. The number of rotatable bonds is 4. The third kappa shape index (κ3) is 3.50. The Labute approximate surface area is 153 Å². The Hall–Kier alpha value is -1.69. The van der Waals surface area contributed by atoms with Crippen LogP contribution in [0.4, 0.5) is 0 Å². The number of imidazole rings is 1. The maximum atomic E-state index is 12.7. The van der Waals surface area contributed by atoms with E-state index in [1.165, 1.54) is 29.2 Å². The van der Waals surface area contributed by atoms with Crippen molar-refractivity contribution in [2.75, 3.05) is 13.1 Å². The van der Waals surface area contributed by atoms with E-state index in [9.17, 15) is 4.79 Å². The van der Waals surface area contributed by atoms with Gasteiger partial charge in [0.1, 0.15) is 5.82 Å². The molecule has 0 aliphatic carbocycles. The van der Waals surface area contributed by atoms with Gasteiger partial charge in [-0.2, -0.15) is 0 Å². The van der Waals surface area contributed by atoms with Crippen LogP contribution in [-0.4, -0.2) is 38.4 Å². The first-order valence-electron chi connectivity index (χ1n) is 9.43. The van der Waals surface area contributed by atoms with Gasteiger partial charge in [0.2, 0.25) is 5.91 Å². The Morgan fingerprint density at radius 2 is 2.20 bits per heavy atom. The molecule has 25 heavy (non-hydrogen) atoms. The first-order chi connectivity index (χ1) is 12.2. The van der Waals surface area contributed by atoms with Gasteiger partial charge in [0.15, 0.2) is 0 Å². The summed E-state index contributed by atoms with van der Waals surface area (Å²) >= 11 is 1.66. The van der Waals surface area contributed by atoms with Crippen LogP contribution in [0, 0.1) is 6.92 Å². The number of carbonyl (C=O) groups is 1. The molecule has 134 valence electrons. The fraction of sp³-hybridized carbons (Fsp3) is 0.632. The number of piperidine rings is 1. The fourth-order valence-electron chi connectivity index (χ4n) is 4.15. The van der Waals surface area contributed by atoms with E-state index in [0.717, 1.165) is 51.0 Å². The van der Waals surface area contributed by atoms with E-state index in [1.54, 1.807) is 11.3 Å². The Balaban J connectivity index is 1.40. The van der Waals surface area contributed by atoms with Gasteiger partial charge < -0.3 is 9.47 Å². The smallest absolute Gasteiger partial charge is 0.222 e. The summed E-state index contributed by atoms with van der Waals surface area (Å²) in [5.74, 6) is 1.89. The second-order valence-corrected chi connectivity index (χ2v) is 8.20. The average Bonchev–Trinajstić information content (AvgIpc) is 3.26. The minimum atomic E-state index is 0.280. The maximum absolute atomic E-state index is 12.7. The van der Waals surface area contributed by atoms with Gasteiger partial charge in [-0.05, 0) is 45.4 Å². The highest BCUT2D eigenvalue weighted by atomic mass is 32.1. The predicted molar refractivity (Wildman–Crippen MR) is 98.9 cm³/mol. The number of aryl methyl sites for hydroxylation is 3. The second-order valence-electron chi connectivity index (χ2n) is 7.26. The number of aromatic nitrogens is 3. The molecule has 0 saturated carbocycles. The van der Waals surface area contributed by atoms with Crippen LogP contribution in [0.1, 0.15) is 60.1 Å². The molecule has 0 bridgehead atoms. The summed E-state index contributed by atoms with van der Waals surface area (Å²) < 4.78 is 2.42. The van der Waals surface area contributed by atoms with Gasteiger partial charge in [-0.3, -0.25) is 4.79 Å². The third-order valence-electron chi connectivity index (χ3n) is 5.58. The van der Waals surface area contributed by atoms with Crippen LogP contribution in [0.3, 0.4) is 0 Å². The van der Waals surface area contributed by atoms with Gasteiger partial charge in [-0.15, -0.1) is 11.3 Å². The Morgan fingerprint density at radius 1 is 1.28 bits per heavy atom. The number of likely N-dealkylation sites (tertiary alicyclic amines) is 1. The van der Waals surface area contributed by atoms with Crippen molar-refractivity contribution in [2.45, 2.75) is 64.3 Å². The lowest BCUT2D eigenvalue weighted by atomic mass is 9.96. The fourth-order valence-corrected chi connectivity index (χ4v) is 4.93. The molecule has 6 heteroatoms. The van der Waals surface area contributed by atoms with Crippen LogP contribution < -0.4 is 0 Å². The molecule has 2 aliphatic heterocycles. The monoisotopic (exact) mass is 358 g/mol. The molecule has 2 aliphatic rings. The van der Waals surface area contributed by atoms with Crippen LogP contribution >= 0.6 is 11.3 Å². The number of fused-ring (bicyclic) bond motifs is 1. The highest BCUT2D eigenvalue weighted by Gasteiger charge is 2.28. The molecule has 1 amide bonds. The van der Waals surface area contributed by atoms with Gasteiger partial charge in [0.05, 0.1) is 11.2 Å². The standard InChI is InChI=1S/C19H26N4OS/c1-14-17(25-13-21-14)7-8-18(24)22-9-4-5-15(12-22)19-20-11-16-6-2-3-10-23(16)19/h11,13,15H,2-10,12H2,1H3. The van der Waals surface area contributed by atoms with Crippen molar-refractivity contribution in [1.29, 1.82) is 0 Å². The van der Waals surface area contributed by atoms with Gasteiger partial charge >= 0.3 is 0 Å². The molecule has 4 rings (SSSR count). The number of hydrogen-bond donors (Lipinski definition) is 0. The molecular weight excluding hydrogens is 332 g/mol. The van der Waals surface area contributed by atoms with Crippen LogP contribution in [0.2, 0.25) is 0 Å². The molecule has 0 radical (unpaired) electrons. The molecule has 2 aromatic heterocycles. The third-order valence-corrected chi connectivity index (χ3v) is 6.58. The molecule has 0 spiro atoms. The lowest BCUT2D eigenvalue weighted by Crippen LogP contribution is -2.40. The first-order valence-corrected chi connectivity index (χ1v) is 10.3. The summed E-state index contributed by atoms with van der Waals surface area (Å²) in [5.41, 5.74) is 4.32. The molecule has 1 fully saturated rings. The molecule has 1 saturated heterocycles. The van der Waals surface area contributed by atoms with Crippen molar-refractivity contribution in [3.05, 3.63) is 33.8 Å². The second kappa shape index (κ2) is 7.28. The number of nitrogens with zero attached hydrogens (tertiary/aromatic N) is 4. The average molecular weight is 359 g/mol. The predicted octanol–water partition coefficient (Wildman–Crippen LogP) is 3.32.